The summed E-state index contributed by atoms with van der Waals surface area (Å²) in [6.45, 7) is 18.6. The third-order valence-corrected chi connectivity index (χ3v) is 5.43. The van der Waals surface area contributed by atoms with Crippen molar-refractivity contribution in [3.63, 3.8) is 0 Å². The summed E-state index contributed by atoms with van der Waals surface area (Å²) >= 11 is 0. The first-order valence-corrected chi connectivity index (χ1v) is 9.74. The molecule has 0 aromatic rings. The van der Waals surface area contributed by atoms with E-state index in [2.05, 4.69) is 48.5 Å². The van der Waals surface area contributed by atoms with Crippen LogP contribution in [0, 0.1) is 30.1 Å². The van der Waals surface area contributed by atoms with Crippen LogP contribution in [0.15, 0.2) is 0 Å². The summed E-state index contributed by atoms with van der Waals surface area (Å²) < 4.78 is 0. The zero-order chi connectivity index (χ0) is 16.3. The van der Waals surface area contributed by atoms with E-state index in [0.29, 0.717) is 0 Å². The summed E-state index contributed by atoms with van der Waals surface area (Å²) in [5, 5.41) is 0. The van der Waals surface area contributed by atoms with Crippen molar-refractivity contribution in [2.45, 2.75) is 106 Å². The molecule has 2 unspecified atom stereocenters. The maximum atomic E-state index is 4.51. The van der Waals surface area contributed by atoms with E-state index in [1.807, 2.05) is 0 Å². The van der Waals surface area contributed by atoms with Gasteiger partial charge in [-0.2, -0.15) is 0 Å². The zero-order valence-electron chi connectivity index (χ0n) is 16.0. The average Bonchev–Trinajstić information content (AvgIpc) is 2.44. The second-order valence-corrected chi connectivity index (χ2v) is 7.99. The van der Waals surface area contributed by atoms with E-state index in [-0.39, 0.29) is 5.41 Å². The molecule has 0 aliphatic carbocycles. The van der Waals surface area contributed by atoms with Gasteiger partial charge in [-0.25, -0.2) is 0 Å². The fraction of sp³-hybridized carbons (Fsp3) is 0.952. The molecule has 0 heteroatoms. The summed E-state index contributed by atoms with van der Waals surface area (Å²) in [5.41, 5.74) is 0.221. The topological polar surface area (TPSA) is 0 Å². The van der Waals surface area contributed by atoms with Gasteiger partial charge in [0.15, 0.2) is 0 Å². The predicted molar refractivity (Wildman–Crippen MR) is 98.5 cm³/mol. The van der Waals surface area contributed by atoms with Crippen LogP contribution in [-0.2, 0) is 0 Å². The van der Waals surface area contributed by atoms with Gasteiger partial charge < -0.3 is 0 Å². The lowest BCUT2D eigenvalue weighted by Gasteiger charge is -2.36. The normalized spacial score (nSPS) is 16.7. The Kier molecular flexibility index (Phi) is 11.6. The number of hydrogen-bond acceptors (Lipinski definition) is 0. The van der Waals surface area contributed by atoms with E-state index >= 15 is 0 Å². The highest BCUT2D eigenvalue weighted by Gasteiger charge is 2.28. The standard InChI is InChI=1S/C21H43/c1-8-12-14-18(10-3)16-20(21(5,6)7)17-19(11-4)15-13-9-2/h18-20H,5,8-17H2,1-4,6-7H3. The van der Waals surface area contributed by atoms with Crippen LogP contribution in [0.4, 0.5) is 0 Å². The van der Waals surface area contributed by atoms with Crippen molar-refractivity contribution in [3.8, 4) is 0 Å². The van der Waals surface area contributed by atoms with Gasteiger partial charge in [-0.3, -0.25) is 0 Å². The van der Waals surface area contributed by atoms with Crippen molar-refractivity contribution < 1.29 is 0 Å². The minimum Gasteiger partial charge on any atom is -0.0654 e. The van der Waals surface area contributed by atoms with Crippen LogP contribution < -0.4 is 0 Å². The molecule has 0 spiro atoms. The van der Waals surface area contributed by atoms with Crippen LogP contribution in [0.5, 0.6) is 0 Å². The van der Waals surface area contributed by atoms with Gasteiger partial charge in [0.1, 0.15) is 0 Å². The van der Waals surface area contributed by atoms with E-state index < -0.39 is 0 Å². The van der Waals surface area contributed by atoms with Gasteiger partial charge in [-0.15, -0.1) is 0 Å². The number of rotatable bonds is 13. The van der Waals surface area contributed by atoms with Crippen molar-refractivity contribution in [3.05, 3.63) is 6.92 Å². The van der Waals surface area contributed by atoms with Gasteiger partial charge in [0.2, 0.25) is 0 Å². The second kappa shape index (κ2) is 11.6. The van der Waals surface area contributed by atoms with Gasteiger partial charge in [-0.05, 0) is 42.9 Å². The van der Waals surface area contributed by atoms with Gasteiger partial charge in [0, 0.05) is 0 Å². The first kappa shape index (κ1) is 21.0. The Hall–Kier alpha value is 0. The van der Waals surface area contributed by atoms with E-state index in [1.54, 1.807) is 0 Å². The Bertz CT molecular complexity index is 205. The lowest BCUT2D eigenvalue weighted by molar-refractivity contribution is 0.169. The molecule has 0 amide bonds. The molecule has 0 heterocycles. The molecular weight excluding hydrogens is 252 g/mol. The molecule has 0 aromatic carbocycles. The molecule has 0 N–H and O–H groups in total. The van der Waals surface area contributed by atoms with E-state index in [1.165, 1.54) is 64.2 Å². The molecule has 1 radical (unpaired) electrons. The van der Waals surface area contributed by atoms with Gasteiger partial charge in [-0.1, -0.05) is 92.9 Å². The van der Waals surface area contributed by atoms with Crippen molar-refractivity contribution in [2.75, 3.05) is 0 Å². The number of unbranched alkanes of at least 4 members (excludes halogenated alkanes) is 2. The van der Waals surface area contributed by atoms with Crippen LogP contribution in [0.3, 0.4) is 0 Å². The largest absolute Gasteiger partial charge is 0.0654 e. The predicted octanol–water partition coefficient (Wildman–Crippen LogP) is 7.68. The van der Waals surface area contributed by atoms with Gasteiger partial charge in [0.25, 0.3) is 0 Å². The average molecular weight is 296 g/mol. The Morgan fingerprint density at radius 3 is 1.38 bits per heavy atom. The van der Waals surface area contributed by atoms with Crippen molar-refractivity contribution in [1.29, 1.82) is 0 Å². The van der Waals surface area contributed by atoms with Gasteiger partial charge >= 0.3 is 0 Å². The fourth-order valence-electron chi connectivity index (χ4n) is 3.50. The van der Waals surface area contributed by atoms with E-state index in [4.69, 9.17) is 0 Å². The van der Waals surface area contributed by atoms with Crippen molar-refractivity contribution >= 4 is 0 Å². The minimum atomic E-state index is 0.221. The summed E-state index contributed by atoms with van der Waals surface area (Å²) in [7, 11) is 0. The Morgan fingerprint density at radius 1 is 0.762 bits per heavy atom. The first-order chi connectivity index (χ1) is 9.88. The summed E-state index contributed by atoms with van der Waals surface area (Å²) in [6, 6.07) is 0. The highest BCUT2D eigenvalue weighted by atomic mass is 14.3. The van der Waals surface area contributed by atoms with Crippen LogP contribution in [0.1, 0.15) is 106 Å². The van der Waals surface area contributed by atoms with E-state index in [0.717, 1.165) is 17.8 Å². The van der Waals surface area contributed by atoms with Crippen LogP contribution in [-0.4, -0.2) is 0 Å². The zero-order valence-corrected chi connectivity index (χ0v) is 16.0. The molecule has 0 aromatic heterocycles. The molecule has 0 saturated heterocycles. The third-order valence-electron chi connectivity index (χ3n) is 5.43. The lowest BCUT2D eigenvalue weighted by Crippen LogP contribution is -2.26. The SMILES string of the molecule is [CH2]C(C)(C)C(CC(CC)CCCC)CC(CC)CCCC. The first-order valence-electron chi connectivity index (χ1n) is 9.74. The Balaban J connectivity index is 4.63. The van der Waals surface area contributed by atoms with Gasteiger partial charge in [0.05, 0.1) is 0 Å². The summed E-state index contributed by atoms with van der Waals surface area (Å²) in [6.07, 6.45) is 13.8. The molecular formula is C21H43. The molecule has 0 aliphatic heterocycles. The smallest absolute Gasteiger partial charge is 0.0325 e. The highest BCUT2D eigenvalue weighted by Crippen LogP contribution is 2.39. The molecule has 0 saturated carbocycles. The molecule has 21 heavy (non-hydrogen) atoms. The van der Waals surface area contributed by atoms with Crippen molar-refractivity contribution in [1.82, 2.24) is 0 Å². The highest BCUT2D eigenvalue weighted by molar-refractivity contribution is 4.84. The third kappa shape index (κ3) is 9.59. The number of hydrogen-bond donors (Lipinski definition) is 0. The summed E-state index contributed by atoms with van der Waals surface area (Å²) in [5.74, 6) is 2.63. The Morgan fingerprint density at radius 2 is 1.14 bits per heavy atom. The molecule has 0 rings (SSSR count). The summed E-state index contributed by atoms with van der Waals surface area (Å²) in [4.78, 5) is 0. The maximum Gasteiger partial charge on any atom is -0.0325 e. The lowest BCUT2D eigenvalue weighted by atomic mass is 9.70. The molecule has 127 valence electrons. The molecule has 0 bridgehead atoms. The van der Waals surface area contributed by atoms with Crippen molar-refractivity contribution in [2.24, 2.45) is 23.2 Å². The molecule has 2 atom stereocenters. The second-order valence-electron chi connectivity index (χ2n) is 7.99. The fourth-order valence-corrected chi connectivity index (χ4v) is 3.50. The van der Waals surface area contributed by atoms with Crippen LogP contribution in [0.25, 0.3) is 0 Å². The molecule has 0 fully saturated rings. The molecule has 0 aliphatic rings. The molecule has 0 nitrogen and oxygen atoms in total. The van der Waals surface area contributed by atoms with E-state index in [9.17, 15) is 0 Å². The van der Waals surface area contributed by atoms with Crippen LogP contribution in [0.2, 0.25) is 0 Å². The Labute approximate surface area is 136 Å². The minimum absolute atomic E-state index is 0.221. The quantitative estimate of drug-likeness (QED) is 0.327. The monoisotopic (exact) mass is 295 g/mol. The maximum absolute atomic E-state index is 4.51. The van der Waals surface area contributed by atoms with Crippen LogP contribution >= 0.6 is 0 Å².